The SMILES string of the molecule is CCc1nc2cc(Cl)ccn2c1C(=O)NCc1ccc(N2CCN(C(C)C)CC2)cc1. The Morgan fingerprint density at radius 2 is 1.84 bits per heavy atom. The second kappa shape index (κ2) is 9.28. The molecule has 0 unspecified atom stereocenters. The number of aryl methyl sites for hydroxylation is 1. The molecule has 4 rings (SSSR count). The Kier molecular flexibility index (Phi) is 6.49. The fraction of sp³-hybridized carbons (Fsp3) is 0.417. The smallest absolute Gasteiger partial charge is 0.270 e. The van der Waals surface area contributed by atoms with Gasteiger partial charge in [0.1, 0.15) is 11.3 Å². The van der Waals surface area contributed by atoms with E-state index in [4.69, 9.17) is 11.6 Å². The van der Waals surface area contributed by atoms with Crippen molar-refractivity contribution in [2.24, 2.45) is 0 Å². The van der Waals surface area contributed by atoms with Crippen molar-refractivity contribution in [3.8, 4) is 0 Å². The number of halogens is 1. The molecule has 0 saturated carbocycles. The van der Waals surface area contributed by atoms with Crippen LogP contribution in [0.4, 0.5) is 5.69 Å². The zero-order chi connectivity index (χ0) is 22.0. The van der Waals surface area contributed by atoms with E-state index in [-0.39, 0.29) is 5.91 Å². The summed E-state index contributed by atoms with van der Waals surface area (Å²) in [5.74, 6) is -0.124. The van der Waals surface area contributed by atoms with Gasteiger partial charge in [-0.05, 0) is 44.0 Å². The maximum atomic E-state index is 12.9. The summed E-state index contributed by atoms with van der Waals surface area (Å²) in [6, 6.07) is 12.6. The Morgan fingerprint density at radius 1 is 1.13 bits per heavy atom. The lowest BCUT2D eigenvalue weighted by Gasteiger charge is -2.38. The highest BCUT2D eigenvalue weighted by Crippen LogP contribution is 2.20. The van der Waals surface area contributed by atoms with Gasteiger partial charge in [-0.2, -0.15) is 0 Å². The standard InChI is InChI=1S/C24H30ClN5O/c1-4-21-23(30-10-9-19(25)15-22(30)27-21)24(31)26-16-18-5-7-20(8-6-18)29-13-11-28(12-14-29)17(2)3/h5-10,15,17H,4,11-14,16H2,1-3H3,(H,26,31). The van der Waals surface area contributed by atoms with Gasteiger partial charge in [0.25, 0.3) is 5.91 Å². The molecule has 0 spiro atoms. The molecule has 2 aromatic heterocycles. The molecule has 0 radical (unpaired) electrons. The highest BCUT2D eigenvalue weighted by atomic mass is 35.5. The van der Waals surface area contributed by atoms with E-state index in [0.29, 0.717) is 35.4 Å². The molecule has 1 fully saturated rings. The van der Waals surface area contributed by atoms with E-state index in [9.17, 15) is 4.79 Å². The molecule has 1 aliphatic heterocycles. The fourth-order valence-corrected chi connectivity index (χ4v) is 4.30. The van der Waals surface area contributed by atoms with Gasteiger partial charge in [-0.3, -0.25) is 14.1 Å². The number of aromatic nitrogens is 2. The van der Waals surface area contributed by atoms with Crippen LogP contribution in [0, 0.1) is 0 Å². The minimum Gasteiger partial charge on any atom is -0.369 e. The number of piperazine rings is 1. The third kappa shape index (κ3) is 4.70. The largest absolute Gasteiger partial charge is 0.369 e. The van der Waals surface area contributed by atoms with Crippen molar-refractivity contribution >= 4 is 28.8 Å². The van der Waals surface area contributed by atoms with Crippen LogP contribution < -0.4 is 10.2 Å². The van der Waals surface area contributed by atoms with Crippen LogP contribution in [0.5, 0.6) is 0 Å². The Hall–Kier alpha value is -2.57. The van der Waals surface area contributed by atoms with Gasteiger partial charge in [0.05, 0.1) is 5.69 Å². The van der Waals surface area contributed by atoms with Crippen LogP contribution in [-0.2, 0) is 13.0 Å². The van der Waals surface area contributed by atoms with Crippen LogP contribution in [-0.4, -0.2) is 52.4 Å². The average Bonchev–Trinajstić information content (AvgIpc) is 3.15. The summed E-state index contributed by atoms with van der Waals surface area (Å²) in [5, 5.41) is 3.66. The minimum atomic E-state index is -0.124. The van der Waals surface area contributed by atoms with Crippen molar-refractivity contribution < 1.29 is 4.79 Å². The Morgan fingerprint density at radius 3 is 2.48 bits per heavy atom. The zero-order valence-electron chi connectivity index (χ0n) is 18.4. The first kappa shape index (κ1) is 21.7. The molecular weight excluding hydrogens is 410 g/mol. The van der Waals surface area contributed by atoms with E-state index >= 15 is 0 Å². The van der Waals surface area contributed by atoms with Crippen LogP contribution in [0.1, 0.15) is 42.5 Å². The molecule has 31 heavy (non-hydrogen) atoms. The van der Waals surface area contributed by atoms with E-state index in [1.165, 1.54) is 5.69 Å². The monoisotopic (exact) mass is 439 g/mol. The number of benzene rings is 1. The topological polar surface area (TPSA) is 52.9 Å². The molecule has 1 amide bonds. The Balaban J connectivity index is 1.40. The lowest BCUT2D eigenvalue weighted by Crippen LogP contribution is -2.48. The molecule has 7 heteroatoms. The molecule has 3 heterocycles. The number of hydrogen-bond acceptors (Lipinski definition) is 4. The summed E-state index contributed by atoms with van der Waals surface area (Å²) < 4.78 is 1.81. The molecule has 0 bridgehead atoms. The first-order valence-corrected chi connectivity index (χ1v) is 11.4. The van der Waals surface area contributed by atoms with Crippen molar-refractivity contribution in [2.45, 2.75) is 39.8 Å². The average molecular weight is 440 g/mol. The van der Waals surface area contributed by atoms with Gasteiger partial charge in [0, 0.05) is 61.7 Å². The summed E-state index contributed by atoms with van der Waals surface area (Å²) in [6.07, 6.45) is 2.48. The first-order chi connectivity index (χ1) is 15.0. The van der Waals surface area contributed by atoms with Crippen LogP contribution >= 0.6 is 11.6 Å². The minimum absolute atomic E-state index is 0.124. The van der Waals surface area contributed by atoms with E-state index < -0.39 is 0 Å². The normalized spacial score (nSPS) is 15.1. The third-order valence-electron chi connectivity index (χ3n) is 6.01. The molecule has 0 atom stereocenters. The predicted molar refractivity (Wildman–Crippen MR) is 126 cm³/mol. The van der Waals surface area contributed by atoms with Crippen molar-refractivity contribution in [1.82, 2.24) is 19.6 Å². The van der Waals surface area contributed by atoms with Crippen LogP contribution in [0.3, 0.4) is 0 Å². The maximum absolute atomic E-state index is 12.9. The highest BCUT2D eigenvalue weighted by molar-refractivity contribution is 6.30. The number of carbonyl (C=O) groups excluding carboxylic acids is 1. The van der Waals surface area contributed by atoms with Crippen molar-refractivity contribution in [1.29, 1.82) is 0 Å². The van der Waals surface area contributed by atoms with Gasteiger partial charge in [-0.25, -0.2) is 4.98 Å². The molecule has 164 valence electrons. The molecule has 6 nitrogen and oxygen atoms in total. The second-order valence-electron chi connectivity index (χ2n) is 8.30. The second-order valence-corrected chi connectivity index (χ2v) is 8.74. The van der Waals surface area contributed by atoms with Crippen LogP contribution in [0.2, 0.25) is 5.02 Å². The van der Waals surface area contributed by atoms with E-state index in [1.54, 1.807) is 22.7 Å². The number of fused-ring (bicyclic) bond motifs is 1. The lowest BCUT2D eigenvalue weighted by molar-refractivity contribution is 0.0944. The van der Waals surface area contributed by atoms with Gasteiger partial charge in [0.15, 0.2) is 0 Å². The number of anilines is 1. The number of nitrogens with one attached hydrogen (secondary N) is 1. The molecule has 1 N–H and O–H groups in total. The Bertz CT molecular complexity index is 1050. The van der Waals surface area contributed by atoms with Crippen LogP contribution in [0.15, 0.2) is 42.6 Å². The molecule has 3 aromatic rings. The number of rotatable bonds is 6. The number of amides is 1. The number of imidazole rings is 1. The number of pyridine rings is 1. The number of hydrogen-bond donors (Lipinski definition) is 1. The van der Waals surface area contributed by atoms with E-state index in [1.807, 2.05) is 6.92 Å². The van der Waals surface area contributed by atoms with Crippen molar-refractivity contribution in [3.05, 3.63) is 64.6 Å². The maximum Gasteiger partial charge on any atom is 0.270 e. The lowest BCUT2D eigenvalue weighted by atomic mass is 10.1. The van der Waals surface area contributed by atoms with Gasteiger partial charge in [-0.15, -0.1) is 0 Å². The number of carbonyl (C=O) groups is 1. The van der Waals surface area contributed by atoms with Gasteiger partial charge in [-0.1, -0.05) is 30.7 Å². The summed E-state index contributed by atoms with van der Waals surface area (Å²) in [5.41, 5.74) is 4.36. The van der Waals surface area contributed by atoms with E-state index in [0.717, 1.165) is 37.4 Å². The fourth-order valence-electron chi connectivity index (χ4n) is 4.14. The summed E-state index contributed by atoms with van der Waals surface area (Å²) >= 11 is 6.07. The molecule has 1 saturated heterocycles. The van der Waals surface area contributed by atoms with Crippen molar-refractivity contribution in [3.63, 3.8) is 0 Å². The molecule has 1 aromatic carbocycles. The van der Waals surface area contributed by atoms with Crippen LogP contribution in [0.25, 0.3) is 5.65 Å². The van der Waals surface area contributed by atoms with Gasteiger partial charge >= 0.3 is 0 Å². The molecule has 1 aliphatic rings. The third-order valence-corrected chi connectivity index (χ3v) is 6.24. The van der Waals surface area contributed by atoms with E-state index in [2.05, 4.69) is 58.2 Å². The number of nitrogens with zero attached hydrogens (tertiary/aromatic N) is 4. The van der Waals surface area contributed by atoms with Gasteiger partial charge < -0.3 is 10.2 Å². The summed E-state index contributed by atoms with van der Waals surface area (Å²) in [7, 11) is 0. The molecule has 0 aliphatic carbocycles. The zero-order valence-corrected chi connectivity index (χ0v) is 19.2. The molecular formula is C24H30ClN5O. The highest BCUT2D eigenvalue weighted by Gasteiger charge is 2.20. The summed E-state index contributed by atoms with van der Waals surface area (Å²) in [4.78, 5) is 22.4. The quantitative estimate of drug-likeness (QED) is 0.630. The predicted octanol–water partition coefficient (Wildman–Crippen LogP) is 4.01. The Labute approximate surface area is 188 Å². The summed E-state index contributed by atoms with van der Waals surface area (Å²) in [6.45, 7) is 11.3. The first-order valence-electron chi connectivity index (χ1n) is 11.0. The van der Waals surface area contributed by atoms with Crippen molar-refractivity contribution in [2.75, 3.05) is 31.1 Å². The van der Waals surface area contributed by atoms with Gasteiger partial charge in [0.2, 0.25) is 0 Å².